The molecule has 2 unspecified atom stereocenters. The van der Waals surface area contributed by atoms with Gasteiger partial charge in [0.25, 0.3) is 0 Å². The summed E-state index contributed by atoms with van der Waals surface area (Å²) < 4.78 is 0.816. The molecule has 1 aliphatic rings. The Hall–Kier alpha value is -0.840. The lowest BCUT2D eigenvalue weighted by atomic mass is 9.95. The second-order valence-electron chi connectivity index (χ2n) is 4.58. The van der Waals surface area contributed by atoms with Gasteiger partial charge >= 0.3 is 0 Å². The largest absolute Gasteiger partial charge is 0.383 e. The Balaban J connectivity index is 2.31. The third-order valence-electron chi connectivity index (χ3n) is 3.19. The second kappa shape index (κ2) is 4.57. The molecule has 2 N–H and O–H groups in total. The lowest BCUT2D eigenvalue weighted by Gasteiger charge is -2.38. The molecule has 0 aliphatic carbocycles. The number of piperidine rings is 1. The number of rotatable bonds is 1. The highest BCUT2D eigenvalue weighted by Gasteiger charge is 2.26. The van der Waals surface area contributed by atoms with Crippen LogP contribution in [0.5, 0.6) is 0 Å². The van der Waals surface area contributed by atoms with Crippen molar-refractivity contribution in [2.45, 2.75) is 32.7 Å². The molecule has 0 bridgehead atoms. The van der Waals surface area contributed by atoms with E-state index in [1.807, 2.05) is 0 Å². The maximum absolute atomic E-state index is 5.78. The van der Waals surface area contributed by atoms with Crippen molar-refractivity contribution in [3.8, 4) is 0 Å². The van der Waals surface area contributed by atoms with E-state index < -0.39 is 0 Å². The van der Waals surface area contributed by atoms with Crippen molar-refractivity contribution in [1.29, 1.82) is 0 Å². The van der Waals surface area contributed by atoms with Crippen LogP contribution in [0.2, 0.25) is 0 Å². The molecule has 1 aromatic rings. The standard InChI is InChI=1S/C11H17BrN4/c1-7-3-4-8(2)16(5-7)11-9(12)10(13)14-6-15-11/h6-8H,3-5H2,1-2H3,(H2,13,14,15). The van der Waals surface area contributed by atoms with Crippen molar-refractivity contribution in [2.24, 2.45) is 5.92 Å². The minimum atomic E-state index is 0.510. The molecule has 16 heavy (non-hydrogen) atoms. The van der Waals surface area contributed by atoms with Gasteiger partial charge < -0.3 is 10.6 Å². The normalized spacial score (nSPS) is 25.8. The Bertz CT molecular complexity index is 382. The molecule has 1 saturated heterocycles. The molecule has 2 heterocycles. The number of halogens is 1. The molecule has 5 heteroatoms. The fraction of sp³-hybridized carbons (Fsp3) is 0.636. The lowest BCUT2D eigenvalue weighted by Crippen LogP contribution is -2.41. The van der Waals surface area contributed by atoms with Crippen molar-refractivity contribution >= 4 is 27.6 Å². The predicted molar refractivity (Wildman–Crippen MR) is 69.4 cm³/mol. The third kappa shape index (κ3) is 2.14. The molecule has 1 aromatic heterocycles. The van der Waals surface area contributed by atoms with Gasteiger partial charge in [0.2, 0.25) is 0 Å². The molecule has 0 amide bonds. The van der Waals surface area contributed by atoms with E-state index in [0.717, 1.165) is 16.8 Å². The molecular formula is C11H17BrN4. The molecule has 1 fully saturated rings. The average molecular weight is 285 g/mol. The van der Waals surface area contributed by atoms with E-state index in [9.17, 15) is 0 Å². The molecule has 0 aromatic carbocycles. The number of hydrogen-bond acceptors (Lipinski definition) is 4. The summed E-state index contributed by atoms with van der Waals surface area (Å²) in [5.74, 6) is 2.14. The molecule has 0 spiro atoms. The average Bonchev–Trinajstić information content (AvgIpc) is 2.26. The molecule has 1 aliphatic heterocycles. The van der Waals surface area contributed by atoms with Gasteiger partial charge in [0.1, 0.15) is 22.4 Å². The molecule has 2 rings (SSSR count). The van der Waals surface area contributed by atoms with Crippen molar-refractivity contribution in [1.82, 2.24) is 9.97 Å². The Labute approximate surface area is 104 Å². The number of hydrogen-bond donors (Lipinski definition) is 1. The van der Waals surface area contributed by atoms with E-state index in [1.54, 1.807) is 0 Å². The van der Waals surface area contributed by atoms with Gasteiger partial charge in [-0.25, -0.2) is 9.97 Å². The summed E-state index contributed by atoms with van der Waals surface area (Å²) in [6.07, 6.45) is 4.02. The molecule has 2 atom stereocenters. The Morgan fingerprint density at radius 1 is 1.38 bits per heavy atom. The van der Waals surface area contributed by atoms with Gasteiger partial charge in [-0.1, -0.05) is 6.92 Å². The van der Waals surface area contributed by atoms with E-state index >= 15 is 0 Å². The summed E-state index contributed by atoms with van der Waals surface area (Å²) in [6, 6.07) is 0.516. The first-order valence-electron chi connectivity index (χ1n) is 5.62. The van der Waals surface area contributed by atoms with E-state index in [1.165, 1.54) is 19.2 Å². The minimum absolute atomic E-state index is 0.510. The number of nitrogens with zero attached hydrogens (tertiary/aromatic N) is 3. The highest BCUT2D eigenvalue weighted by molar-refractivity contribution is 9.10. The number of anilines is 2. The Morgan fingerprint density at radius 2 is 2.12 bits per heavy atom. The summed E-state index contributed by atoms with van der Waals surface area (Å²) >= 11 is 3.47. The fourth-order valence-electron chi connectivity index (χ4n) is 2.16. The second-order valence-corrected chi connectivity index (χ2v) is 5.37. The van der Waals surface area contributed by atoms with Crippen molar-refractivity contribution in [3.05, 3.63) is 10.8 Å². The highest BCUT2D eigenvalue weighted by atomic mass is 79.9. The molecule has 88 valence electrons. The van der Waals surface area contributed by atoms with Gasteiger partial charge in [-0.2, -0.15) is 0 Å². The van der Waals surface area contributed by atoms with Crippen LogP contribution in [0.15, 0.2) is 10.8 Å². The first-order valence-corrected chi connectivity index (χ1v) is 6.41. The monoisotopic (exact) mass is 284 g/mol. The van der Waals surface area contributed by atoms with Crippen LogP contribution in [0.3, 0.4) is 0 Å². The van der Waals surface area contributed by atoms with Crippen LogP contribution in [0.25, 0.3) is 0 Å². The number of nitrogens with two attached hydrogens (primary N) is 1. The maximum Gasteiger partial charge on any atom is 0.148 e. The van der Waals surface area contributed by atoms with E-state index in [4.69, 9.17) is 5.73 Å². The van der Waals surface area contributed by atoms with E-state index in [2.05, 4.69) is 44.6 Å². The molecular weight excluding hydrogens is 268 g/mol. The summed E-state index contributed by atoms with van der Waals surface area (Å²) in [5, 5.41) is 0. The fourth-order valence-corrected chi connectivity index (χ4v) is 2.59. The predicted octanol–water partition coefficient (Wildman–Crippen LogP) is 2.45. The number of nitrogen functional groups attached to an aromatic ring is 1. The third-order valence-corrected chi connectivity index (χ3v) is 3.95. The smallest absolute Gasteiger partial charge is 0.148 e. The number of aromatic nitrogens is 2. The van der Waals surface area contributed by atoms with Crippen molar-refractivity contribution in [3.63, 3.8) is 0 Å². The Morgan fingerprint density at radius 3 is 2.88 bits per heavy atom. The summed E-state index contributed by atoms with van der Waals surface area (Å²) in [4.78, 5) is 10.6. The van der Waals surface area contributed by atoms with Crippen LogP contribution < -0.4 is 10.6 Å². The van der Waals surface area contributed by atoms with Crippen molar-refractivity contribution in [2.75, 3.05) is 17.2 Å². The van der Waals surface area contributed by atoms with Crippen LogP contribution in [-0.2, 0) is 0 Å². The summed E-state index contributed by atoms with van der Waals surface area (Å²) in [6.45, 7) is 5.55. The SMILES string of the molecule is CC1CCC(C)N(c2ncnc(N)c2Br)C1. The Kier molecular flexibility index (Phi) is 3.33. The zero-order chi connectivity index (χ0) is 11.7. The van der Waals surface area contributed by atoms with Crippen LogP contribution in [0, 0.1) is 5.92 Å². The van der Waals surface area contributed by atoms with Crippen molar-refractivity contribution < 1.29 is 0 Å². The highest BCUT2D eigenvalue weighted by Crippen LogP contribution is 2.33. The van der Waals surface area contributed by atoms with Gasteiger partial charge in [0.15, 0.2) is 0 Å². The first-order chi connectivity index (χ1) is 7.59. The van der Waals surface area contributed by atoms with Crippen LogP contribution in [-0.4, -0.2) is 22.6 Å². The van der Waals surface area contributed by atoms with E-state index in [-0.39, 0.29) is 0 Å². The summed E-state index contributed by atoms with van der Waals surface area (Å²) in [5.41, 5.74) is 5.78. The van der Waals surface area contributed by atoms with Gasteiger partial charge in [-0.05, 0) is 41.6 Å². The van der Waals surface area contributed by atoms with Gasteiger partial charge in [0, 0.05) is 12.6 Å². The molecule has 0 radical (unpaired) electrons. The summed E-state index contributed by atoms with van der Waals surface area (Å²) in [7, 11) is 0. The van der Waals surface area contributed by atoms with Crippen LogP contribution in [0.1, 0.15) is 26.7 Å². The zero-order valence-corrected chi connectivity index (χ0v) is 11.2. The minimum Gasteiger partial charge on any atom is -0.383 e. The van der Waals surface area contributed by atoms with E-state index in [0.29, 0.717) is 17.8 Å². The quantitative estimate of drug-likeness (QED) is 0.861. The maximum atomic E-state index is 5.78. The van der Waals surface area contributed by atoms with Crippen LogP contribution >= 0.6 is 15.9 Å². The van der Waals surface area contributed by atoms with Gasteiger partial charge in [-0.15, -0.1) is 0 Å². The van der Waals surface area contributed by atoms with Gasteiger partial charge in [-0.3, -0.25) is 0 Å². The lowest BCUT2D eigenvalue weighted by molar-refractivity contribution is 0.387. The topological polar surface area (TPSA) is 55.0 Å². The molecule has 4 nitrogen and oxygen atoms in total. The zero-order valence-electron chi connectivity index (χ0n) is 9.65. The first kappa shape index (κ1) is 11.6. The van der Waals surface area contributed by atoms with Crippen LogP contribution in [0.4, 0.5) is 11.6 Å². The van der Waals surface area contributed by atoms with Gasteiger partial charge in [0.05, 0.1) is 0 Å². The molecule has 0 saturated carbocycles.